The zero-order valence-electron chi connectivity index (χ0n) is 15.4. The number of carbonyl (C=O) groups excluding carboxylic acids is 1. The largest absolute Gasteiger partial charge is 0.372 e. The Morgan fingerprint density at radius 3 is 2.40 bits per heavy atom. The average molecular weight is 341 g/mol. The molecule has 25 heavy (non-hydrogen) atoms. The van der Waals surface area contributed by atoms with Crippen LogP contribution >= 0.6 is 0 Å². The van der Waals surface area contributed by atoms with Gasteiger partial charge in [0.2, 0.25) is 5.95 Å². The molecule has 0 saturated heterocycles. The van der Waals surface area contributed by atoms with Crippen molar-refractivity contribution >= 4 is 23.2 Å². The first-order valence-corrected chi connectivity index (χ1v) is 8.76. The molecule has 2 N–H and O–H groups in total. The summed E-state index contributed by atoms with van der Waals surface area (Å²) in [6.45, 7) is 11.1. The van der Waals surface area contributed by atoms with E-state index >= 15 is 0 Å². The number of anilines is 3. The number of hydrogen-bond donors (Lipinski definition) is 2. The SMILES string of the molecule is CCN(CC)c1ccc(NC(=O)c2ccnc(NCC(C)C)n2)cc1. The van der Waals surface area contributed by atoms with Crippen LogP contribution in [0, 0.1) is 5.92 Å². The van der Waals surface area contributed by atoms with Crippen molar-refractivity contribution < 1.29 is 4.79 Å². The lowest BCUT2D eigenvalue weighted by Gasteiger charge is -2.21. The third-order valence-electron chi connectivity index (χ3n) is 3.81. The van der Waals surface area contributed by atoms with Crippen LogP contribution in [-0.4, -0.2) is 35.5 Å². The quantitative estimate of drug-likeness (QED) is 0.767. The second-order valence-electron chi connectivity index (χ2n) is 6.21. The van der Waals surface area contributed by atoms with Gasteiger partial charge in [-0.2, -0.15) is 0 Å². The molecule has 0 aliphatic rings. The van der Waals surface area contributed by atoms with E-state index in [1.807, 2.05) is 24.3 Å². The van der Waals surface area contributed by atoms with Crippen molar-refractivity contribution in [1.29, 1.82) is 0 Å². The molecule has 0 atom stereocenters. The number of rotatable bonds is 8. The van der Waals surface area contributed by atoms with Gasteiger partial charge >= 0.3 is 0 Å². The predicted octanol–water partition coefficient (Wildman–Crippen LogP) is 3.64. The van der Waals surface area contributed by atoms with Crippen LogP contribution in [0.3, 0.4) is 0 Å². The first kappa shape index (κ1) is 18.7. The molecule has 6 heteroatoms. The highest BCUT2D eigenvalue weighted by molar-refractivity contribution is 6.03. The lowest BCUT2D eigenvalue weighted by Crippen LogP contribution is -2.21. The molecule has 0 aliphatic heterocycles. The molecule has 1 aromatic heterocycles. The van der Waals surface area contributed by atoms with Gasteiger partial charge in [0, 0.05) is 37.2 Å². The highest BCUT2D eigenvalue weighted by atomic mass is 16.1. The van der Waals surface area contributed by atoms with Crippen LogP contribution in [0.25, 0.3) is 0 Å². The Morgan fingerprint density at radius 2 is 1.80 bits per heavy atom. The van der Waals surface area contributed by atoms with Gasteiger partial charge in [0.1, 0.15) is 5.69 Å². The first-order chi connectivity index (χ1) is 12.0. The molecule has 2 aromatic rings. The van der Waals surface area contributed by atoms with Crippen molar-refractivity contribution in [2.75, 3.05) is 35.2 Å². The van der Waals surface area contributed by atoms with Gasteiger partial charge in [-0.3, -0.25) is 4.79 Å². The molecule has 1 heterocycles. The van der Waals surface area contributed by atoms with Crippen LogP contribution in [0.2, 0.25) is 0 Å². The fraction of sp³-hybridized carbons (Fsp3) is 0.421. The number of nitrogens with zero attached hydrogens (tertiary/aromatic N) is 3. The fourth-order valence-corrected chi connectivity index (χ4v) is 2.41. The Hall–Kier alpha value is -2.63. The summed E-state index contributed by atoms with van der Waals surface area (Å²) < 4.78 is 0. The van der Waals surface area contributed by atoms with Crippen LogP contribution in [0.15, 0.2) is 36.5 Å². The molecule has 0 saturated carbocycles. The second kappa shape index (κ2) is 9.01. The summed E-state index contributed by atoms with van der Waals surface area (Å²) in [5, 5.41) is 6.01. The van der Waals surface area contributed by atoms with Crippen molar-refractivity contribution in [1.82, 2.24) is 9.97 Å². The Morgan fingerprint density at radius 1 is 1.12 bits per heavy atom. The molecular weight excluding hydrogens is 314 g/mol. The zero-order chi connectivity index (χ0) is 18.2. The van der Waals surface area contributed by atoms with E-state index in [0.29, 0.717) is 17.6 Å². The number of amides is 1. The molecule has 0 bridgehead atoms. The molecule has 0 unspecified atom stereocenters. The number of aromatic nitrogens is 2. The standard InChI is InChI=1S/C19H27N5O/c1-5-24(6-2)16-9-7-15(8-10-16)22-18(25)17-11-12-20-19(23-17)21-13-14(3)4/h7-12,14H,5-6,13H2,1-4H3,(H,22,25)(H,20,21,23). The molecule has 0 spiro atoms. The maximum atomic E-state index is 12.4. The van der Waals surface area contributed by atoms with E-state index in [1.54, 1.807) is 12.3 Å². The maximum absolute atomic E-state index is 12.4. The van der Waals surface area contributed by atoms with Gasteiger partial charge in [-0.05, 0) is 50.1 Å². The van der Waals surface area contributed by atoms with E-state index in [0.717, 1.165) is 31.0 Å². The van der Waals surface area contributed by atoms with Crippen LogP contribution in [0.4, 0.5) is 17.3 Å². The Kier molecular flexibility index (Phi) is 6.74. The summed E-state index contributed by atoms with van der Waals surface area (Å²) in [6.07, 6.45) is 1.59. The predicted molar refractivity (Wildman–Crippen MR) is 103 cm³/mol. The normalized spacial score (nSPS) is 10.6. The monoisotopic (exact) mass is 341 g/mol. The fourth-order valence-electron chi connectivity index (χ4n) is 2.41. The summed E-state index contributed by atoms with van der Waals surface area (Å²) >= 11 is 0. The van der Waals surface area contributed by atoms with E-state index in [-0.39, 0.29) is 5.91 Å². The van der Waals surface area contributed by atoms with Crippen LogP contribution < -0.4 is 15.5 Å². The van der Waals surface area contributed by atoms with Gasteiger partial charge in [0.25, 0.3) is 5.91 Å². The van der Waals surface area contributed by atoms with Gasteiger partial charge in [-0.25, -0.2) is 9.97 Å². The third kappa shape index (κ3) is 5.45. The average Bonchev–Trinajstić information content (AvgIpc) is 2.62. The van der Waals surface area contributed by atoms with Crippen molar-refractivity contribution in [3.8, 4) is 0 Å². The van der Waals surface area contributed by atoms with Crippen molar-refractivity contribution in [3.05, 3.63) is 42.2 Å². The molecule has 2 rings (SSSR count). The summed E-state index contributed by atoms with van der Waals surface area (Å²) in [4.78, 5) is 23.1. The molecule has 134 valence electrons. The highest BCUT2D eigenvalue weighted by Crippen LogP contribution is 2.18. The van der Waals surface area contributed by atoms with Crippen molar-refractivity contribution in [2.24, 2.45) is 5.92 Å². The van der Waals surface area contributed by atoms with Crippen LogP contribution in [0.5, 0.6) is 0 Å². The molecule has 0 aliphatic carbocycles. The van der Waals surface area contributed by atoms with Gasteiger partial charge in [0.05, 0.1) is 0 Å². The van der Waals surface area contributed by atoms with Crippen LogP contribution in [-0.2, 0) is 0 Å². The molecule has 1 amide bonds. The number of nitrogens with one attached hydrogen (secondary N) is 2. The van der Waals surface area contributed by atoms with E-state index < -0.39 is 0 Å². The number of benzene rings is 1. The minimum absolute atomic E-state index is 0.245. The molecule has 1 aromatic carbocycles. The topological polar surface area (TPSA) is 70.2 Å². The lowest BCUT2D eigenvalue weighted by atomic mass is 10.2. The van der Waals surface area contributed by atoms with E-state index in [2.05, 4.69) is 53.2 Å². The number of hydrogen-bond acceptors (Lipinski definition) is 5. The first-order valence-electron chi connectivity index (χ1n) is 8.76. The summed E-state index contributed by atoms with van der Waals surface area (Å²) in [7, 11) is 0. The van der Waals surface area contributed by atoms with Crippen molar-refractivity contribution in [2.45, 2.75) is 27.7 Å². The van der Waals surface area contributed by atoms with Gasteiger partial charge < -0.3 is 15.5 Å². The Balaban J connectivity index is 2.03. The lowest BCUT2D eigenvalue weighted by molar-refractivity contribution is 0.102. The van der Waals surface area contributed by atoms with Gasteiger partial charge in [0.15, 0.2) is 0 Å². The van der Waals surface area contributed by atoms with E-state index in [4.69, 9.17) is 0 Å². The minimum Gasteiger partial charge on any atom is -0.372 e. The summed E-state index contributed by atoms with van der Waals surface area (Å²) in [6, 6.07) is 9.45. The zero-order valence-corrected chi connectivity index (χ0v) is 15.4. The summed E-state index contributed by atoms with van der Waals surface area (Å²) in [5.41, 5.74) is 2.23. The van der Waals surface area contributed by atoms with Gasteiger partial charge in [-0.15, -0.1) is 0 Å². The second-order valence-corrected chi connectivity index (χ2v) is 6.21. The smallest absolute Gasteiger partial charge is 0.274 e. The number of carbonyl (C=O) groups is 1. The highest BCUT2D eigenvalue weighted by Gasteiger charge is 2.10. The summed E-state index contributed by atoms with van der Waals surface area (Å²) in [5.74, 6) is 0.703. The molecule has 0 radical (unpaired) electrons. The van der Waals surface area contributed by atoms with E-state index in [9.17, 15) is 4.79 Å². The Labute approximate surface area is 149 Å². The van der Waals surface area contributed by atoms with E-state index in [1.165, 1.54) is 0 Å². The van der Waals surface area contributed by atoms with Crippen molar-refractivity contribution in [3.63, 3.8) is 0 Å². The molecular formula is C19H27N5O. The third-order valence-corrected chi connectivity index (χ3v) is 3.81. The minimum atomic E-state index is -0.245. The molecule has 0 fully saturated rings. The van der Waals surface area contributed by atoms with Crippen LogP contribution in [0.1, 0.15) is 38.2 Å². The Bertz CT molecular complexity index is 680. The van der Waals surface area contributed by atoms with Gasteiger partial charge in [-0.1, -0.05) is 13.8 Å². The maximum Gasteiger partial charge on any atom is 0.274 e. The molecule has 6 nitrogen and oxygen atoms in total.